The molecule has 0 aliphatic rings. The molecule has 0 saturated heterocycles. The molecule has 136 valence electrons. The molecule has 0 unspecified atom stereocenters. The predicted molar refractivity (Wildman–Crippen MR) is 100 cm³/mol. The second-order valence-corrected chi connectivity index (χ2v) is 5.53. The number of hydrogen-bond acceptors (Lipinski definition) is 8. The minimum atomic E-state index is 0.000791. The van der Waals surface area contributed by atoms with Crippen molar-refractivity contribution in [1.82, 2.24) is 24.5 Å². The number of hydrogen-bond donors (Lipinski definition) is 4. The van der Waals surface area contributed by atoms with Gasteiger partial charge in [-0.25, -0.2) is 4.98 Å². The molecule has 9 nitrogen and oxygen atoms in total. The zero-order valence-electron chi connectivity index (χ0n) is 14.3. The van der Waals surface area contributed by atoms with Gasteiger partial charge in [-0.05, 0) is 18.6 Å². The van der Waals surface area contributed by atoms with Crippen LogP contribution in [0.5, 0.6) is 0 Å². The Morgan fingerprint density at radius 1 is 0.923 bits per heavy atom. The van der Waals surface area contributed by atoms with E-state index >= 15 is 0 Å². The van der Waals surface area contributed by atoms with Crippen LogP contribution in [0.15, 0.2) is 49.1 Å². The second kappa shape index (κ2) is 9.33. The van der Waals surface area contributed by atoms with E-state index < -0.39 is 0 Å². The average Bonchev–Trinajstić information content (AvgIpc) is 3.18. The highest BCUT2D eigenvalue weighted by Gasteiger charge is 2.06. The Kier molecular flexibility index (Phi) is 6.32. The van der Waals surface area contributed by atoms with Gasteiger partial charge in [0, 0.05) is 37.7 Å². The third-order valence-corrected chi connectivity index (χ3v) is 3.50. The van der Waals surface area contributed by atoms with Crippen LogP contribution in [0.1, 0.15) is 6.42 Å². The molecule has 2 aromatic heterocycles. The third kappa shape index (κ3) is 5.42. The molecule has 0 amide bonds. The first-order chi connectivity index (χ1) is 12.8. The number of aliphatic hydroxyl groups excluding tert-OH is 1. The number of para-hydroxylation sites is 1. The summed E-state index contributed by atoms with van der Waals surface area (Å²) < 4.78 is 2.02. The van der Waals surface area contributed by atoms with Crippen molar-refractivity contribution in [1.29, 1.82) is 0 Å². The summed E-state index contributed by atoms with van der Waals surface area (Å²) in [6.07, 6.45) is 6.40. The van der Waals surface area contributed by atoms with Crippen LogP contribution in [-0.2, 0) is 6.54 Å². The molecule has 0 atom stereocenters. The van der Waals surface area contributed by atoms with Gasteiger partial charge in [0.2, 0.25) is 17.8 Å². The van der Waals surface area contributed by atoms with E-state index in [2.05, 4.69) is 35.9 Å². The zero-order chi connectivity index (χ0) is 18.0. The monoisotopic (exact) mass is 354 g/mol. The van der Waals surface area contributed by atoms with Crippen LogP contribution in [0.2, 0.25) is 0 Å². The lowest BCUT2D eigenvalue weighted by atomic mass is 10.3. The number of imidazole rings is 1. The largest absolute Gasteiger partial charge is 0.395 e. The number of anilines is 4. The van der Waals surface area contributed by atoms with Crippen LogP contribution in [0.4, 0.5) is 23.5 Å². The Bertz CT molecular complexity index is 779. The fourth-order valence-corrected chi connectivity index (χ4v) is 2.29. The number of rotatable bonds is 10. The topological polar surface area (TPSA) is 113 Å². The lowest BCUT2D eigenvalue weighted by Crippen LogP contribution is -2.14. The standard InChI is InChI=1S/C17H22N8O/c26-12-9-20-16-22-15(19-7-4-10-25-11-8-18-13-25)23-17(24-16)21-14-5-2-1-3-6-14/h1-3,5-6,8,11,13,26H,4,7,9-10,12H2,(H3,19,20,21,22,23,24). The predicted octanol–water partition coefficient (Wildman–Crippen LogP) is 1.72. The van der Waals surface area contributed by atoms with Gasteiger partial charge >= 0.3 is 0 Å². The van der Waals surface area contributed by atoms with Gasteiger partial charge in [0.25, 0.3) is 0 Å². The van der Waals surface area contributed by atoms with Crippen molar-refractivity contribution in [3.05, 3.63) is 49.1 Å². The van der Waals surface area contributed by atoms with Gasteiger partial charge in [0.05, 0.1) is 12.9 Å². The Labute approximate surface area is 151 Å². The summed E-state index contributed by atoms with van der Waals surface area (Å²) in [6, 6.07) is 9.68. The smallest absolute Gasteiger partial charge is 0.233 e. The van der Waals surface area contributed by atoms with E-state index in [0.717, 1.165) is 18.7 Å². The Morgan fingerprint density at radius 2 is 1.65 bits per heavy atom. The molecule has 3 rings (SSSR count). The summed E-state index contributed by atoms with van der Waals surface area (Å²) in [5.41, 5.74) is 0.887. The number of aryl methyl sites for hydroxylation is 1. The molecule has 4 N–H and O–H groups in total. The fraction of sp³-hybridized carbons (Fsp3) is 0.294. The molecule has 26 heavy (non-hydrogen) atoms. The van der Waals surface area contributed by atoms with E-state index in [9.17, 15) is 0 Å². The van der Waals surface area contributed by atoms with E-state index in [-0.39, 0.29) is 6.61 Å². The molecule has 0 fully saturated rings. The van der Waals surface area contributed by atoms with Crippen molar-refractivity contribution in [3.8, 4) is 0 Å². The first-order valence-electron chi connectivity index (χ1n) is 8.46. The molecular formula is C17H22N8O. The lowest BCUT2D eigenvalue weighted by Gasteiger charge is -2.11. The van der Waals surface area contributed by atoms with Gasteiger partial charge in [0.1, 0.15) is 0 Å². The molecule has 2 heterocycles. The van der Waals surface area contributed by atoms with E-state index in [0.29, 0.717) is 30.9 Å². The zero-order valence-corrected chi connectivity index (χ0v) is 14.3. The van der Waals surface area contributed by atoms with E-state index in [1.807, 2.05) is 41.1 Å². The number of nitrogens with zero attached hydrogens (tertiary/aromatic N) is 5. The first-order valence-corrected chi connectivity index (χ1v) is 8.46. The second-order valence-electron chi connectivity index (χ2n) is 5.53. The molecule has 0 saturated carbocycles. The highest BCUT2D eigenvalue weighted by molar-refractivity contribution is 5.55. The molecular weight excluding hydrogens is 332 g/mol. The number of nitrogens with one attached hydrogen (secondary N) is 3. The summed E-state index contributed by atoms with van der Waals surface area (Å²) >= 11 is 0. The summed E-state index contributed by atoms with van der Waals surface area (Å²) in [5.74, 6) is 1.32. The van der Waals surface area contributed by atoms with Crippen molar-refractivity contribution in [2.75, 3.05) is 35.6 Å². The number of aliphatic hydroxyl groups is 1. The van der Waals surface area contributed by atoms with Gasteiger partial charge in [-0.2, -0.15) is 15.0 Å². The number of benzene rings is 1. The molecule has 0 bridgehead atoms. The van der Waals surface area contributed by atoms with Gasteiger partial charge < -0.3 is 25.6 Å². The molecule has 3 aromatic rings. The summed E-state index contributed by atoms with van der Waals surface area (Å²) in [5, 5.41) is 18.3. The van der Waals surface area contributed by atoms with Crippen molar-refractivity contribution in [3.63, 3.8) is 0 Å². The summed E-state index contributed by atoms with van der Waals surface area (Å²) in [7, 11) is 0. The lowest BCUT2D eigenvalue weighted by molar-refractivity contribution is 0.311. The number of aromatic nitrogens is 5. The van der Waals surface area contributed by atoms with Crippen LogP contribution in [0, 0.1) is 0 Å². The van der Waals surface area contributed by atoms with Gasteiger partial charge in [-0.15, -0.1) is 0 Å². The van der Waals surface area contributed by atoms with Crippen LogP contribution in [-0.4, -0.2) is 49.3 Å². The Morgan fingerprint density at radius 3 is 2.35 bits per heavy atom. The average molecular weight is 354 g/mol. The molecule has 0 spiro atoms. The van der Waals surface area contributed by atoms with E-state index in [4.69, 9.17) is 5.11 Å². The quantitative estimate of drug-likeness (QED) is 0.407. The van der Waals surface area contributed by atoms with Gasteiger partial charge in [-0.1, -0.05) is 18.2 Å². The fourth-order valence-electron chi connectivity index (χ4n) is 2.29. The van der Waals surface area contributed by atoms with Gasteiger partial charge in [0.15, 0.2) is 0 Å². The Balaban J connectivity index is 1.63. The minimum absolute atomic E-state index is 0.000791. The summed E-state index contributed by atoms with van der Waals surface area (Å²) in [6.45, 7) is 1.95. The van der Waals surface area contributed by atoms with Gasteiger partial charge in [-0.3, -0.25) is 0 Å². The normalized spacial score (nSPS) is 10.5. The molecule has 0 aliphatic carbocycles. The highest BCUT2D eigenvalue weighted by atomic mass is 16.3. The van der Waals surface area contributed by atoms with Crippen LogP contribution >= 0.6 is 0 Å². The minimum Gasteiger partial charge on any atom is -0.395 e. The molecule has 0 radical (unpaired) electrons. The summed E-state index contributed by atoms with van der Waals surface area (Å²) in [4.78, 5) is 17.1. The van der Waals surface area contributed by atoms with Crippen molar-refractivity contribution < 1.29 is 5.11 Å². The maximum absolute atomic E-state index is 8.99. The highest BCUT2D eigenvalue weighted by Crippen LogP contribution is 2.15. The van der Waals surface area contributed by atoms with Crippen LogP contribution in [0.3, 0.4) is 0 Å². The van der Waals surface area contributed by atoms with E-state index in [1.54, 1.807) is 12.5 Å². The van der Waals surface area contributed by atoms with E-state index in [1.165, 1.54) is 0 Å². The molecule has 1 aromatic carbocycles. The molecule has 9 heteroatoms. The first kappa shape index (κ1) is 17.6. The molecule has 0 aliphatic heterocycles. The van der Waals surface area contributed by atoms with Crippen molar-refractivity contribution in [2.24, 2.45) is 0 Å². The third-order valence-electron chi connectivity index (χ3n) is 3.50. The maximum Gasteiger partial charge on any atom is 0.233 e. The Hall–Kier alpha value is -3.20. The maximum atomic E-state index is 8.99. The van der Waals surface area contributed by atoms with Crippen molar-refractivity contribution in [2.45, 2.75) is 13.0 Å². The van der Waals surface area contributed by atoms with Crippen molar-refractivity contribution >= 4 is 23.5 Å². The van der Waals surface area contributed by atoms with Crippen LogP contribution < -0.4 is 16.0 Å². The SMILES string of the molecule is OCCNc1nc(NCCCn2ccnc2)nc(Nc2ccccc2)n1. The van der Waals surface area contributed by atoms with Crippen LogP contribution in [0.25, 0.3) is 0 Å².